The molecule has 2 rings (SSSR count). The SMILES string of the molecule is CCCOc1c(CC)cc(OCC(CC)CCCl)c2ccccc12. The number of fused-ring (bicyclic) bond motifs is 1. The second kappa shape index (κ2) is 9.78. The van der Waals surface area contributed by atoms with E-state index >= 15 is 0 Å². The Morgan fingerprint density at radius 2 is 1.79 bits per heavy atom. The van der Waals surface area contributed by atoms with Crippen molar-refractivity contribution < 1.29 is 9.47 Å². The maximum atomic E-state index is 6.21. The summed E-state index contributed by atoms with van der Waals surface area (Å²) < 4.78 is 12.3. The van der Waals surface area contributed by atoms with E-state index < -0.39 is 0 Å². The zero-order valence-electron chi connectivity index (χ0n) is 15.1. The number of hydrogen-bond acceptors (Lipinski definition) is 2. The minimum atomic E-state index is 0.502. The van der Waals surface area contributed by atoms with E-state index in [1.54, 1.807) is 0 Å². The van der Waals surface area contributed by atoms with Gasteiger partial charge in [-0.2, -0.15) is 0 Å². The molecule has 0 radical (unpaired) electrons. The highest BCUT2D eigenvalue weighted by atomic mass is 35.5. The van der Waals surface area contributed by atoms with Crippen molar-refractivity contribution in [2.24, 2.45) is 5.92 Å². The monoisotopic (exact) mass is 348 g/mol. The second-order valence-corrected chi connectivity index (χ2v) is 6.55. The van der Waals surface area contributed by atoms with Gasteiger partial charge in [0.15, 0.2) is 0 Å². The van der Waals surface area contributed by atoms with Gasteiger partial charge in [-0.15, -0.1) is 11.6 Å². The zero-order chi connectivity index (χ0) is 17.4. The van der Waals surface area contributed by atoms with Crippen LogP contribution in [-0.4, -0.2) is 19.1 Å². The van der Waals surface area contributed by atoms with E-state index in [1.807, 2.05) is 0 Å². The summed E-state index contributed by atoms with van der Waals surface area (Å²) in [6.07, 6.45) is 4.02. The Labute approximate surface area is 151 Å². The number of ether oxygens (including phenoxy) is 2. The normalized spacial score (nSPS) is 12.3. The second-order valence-electron chi connectivity index (χ2n) is 6.17. The van der Waals surface area contributed by atoms with E-state index in [0.29, 0.717) is 18.4 Å². The first-order chi connectivity index (χ1) is 11.7. The summed E-state index contributed by atoms with van der Waals surface area (Å²) in [5.41, 5.74) is 1.21. The van der Waals surface area contributed by atoms with Crippen molar-refractivity contribution in [2.75, 3.05) is 19.1 Å². The van der Waals surface area contributed by atoms with Crippen LogP contribution >= 0.6 is 11.6 Å². The lowest BCUT2D eigenvalue weighted by Gasteiger charge is -2.19. The average molecular weight is 349 g/mol. The largest absolute Gasteiger partial charge is 0.493 e. The summed E-state index contributed by atoms with van der Waals surface area (Å²) in [6, 6.07) is 10.5. The van der Waals surface area contributed by atoms with Crippen molar-refractivity contribution in [1.82, 2.24) is 0 Å². The molecular formula is C21H29ClO2. The Hall–Kier alpha value is -1.41. The van der Waals surface area contributed by atoms with Gasteiger partial charge in [0.25, 0.3) is 0 Å². The number of hydrogen-bond donors (Lipinski definition) is 0. The highest BCUT2D eigenvalue weighted by Gasteiger charge is 2.14. The number of alkyl halides is 1. The van der Waals surface area contributed by atoms with E-state index in [9.17, 15) is 0 Å². The van der Waals surface area contributed by atoms with Crippen molar-refractivity contribution in [3.63, 3.8) is 0 Å². The maximum Gasteiger partial charge on any atom is 0.130 e. The summed E-state index contributed by atoms with van der Waals surface area (Å²) in [4.78, 5) is 0. The van der Waals surface area contributed by atoms with E-state index in [2.05, 4.69) is 51.1 Å². The lowest BCUT2D eigenvalue weighted by molar-refractivity contribution is 0.243. The lowest BCUT2D eigenvalue weighted by Crippen LogP contribution is -2.12. The standard InChI is InChI=1S/C21H29ClO2/c1-4-13-23-21-17(6-3)14-20(18-9-7-8-10-19(18)21)24-15-16(5-2)11-12-22/h7-10,14,16H,4-6,11-13,15H2,1-3H3. The van der Waals surface area contributed by atoms with E-state index in [-0.39, 0.29) is 0 Å². The molecule has 24 heavy (non-hydrogen) atoms. The summed E-state index contributed by atoms with van der Waals surface area (Å²) in [5, 5.41) is 2.27. The Kier molecular flexibility index (Phi) is 7.71. The minimum absolute atomic E-state index is 0.502. The summed E-state index contributed by atoms with van der Waals surface area (Å²) in [6.45, 7) is 7.94. The van der Waals surface area contributed by atoms with Gasteiger partial charge in [0, 0.05) is 16.7 Å². The molecule has 132 valence electrons. The molecule has 0 aliphatic carbocycles. The van der Waals surface area contributed by atoms with Crippen LogP contribution in [0.5, 0.6) is 11.5 Å². The molecular weight excluding hydrogens is 320 g/mol. The molecule has 3 heteroatoms. The van der Waals surface area contributed by atoms with Gasteiger partial charge in [-0.1, -0.05) is 51.5 Å². The van der Waals surface area contributed by atoms with Crippen LogP contribution in [0.2, 0.25) is 0 Å². The van der Waals surface area contributed by atoms with Crippen molar-refractivity contribution in [3.8, 4) is 11.5 Å². The Bertz CT molecular complexity index is 639. The summed E-state index contributed by atoms with van der Waals surface area (Å²) in [5.74, 6) is 3.16. The highest BCUT2D eigenvalue weighted by molar-refractivity contribution is 6.17. The number of rotatable bonds is 10. The molecule has 2 aromatic rings. The van der Waals surface area contributed by atoms with Crippen LogP contribution in [0.15, 0.2) is 30.3 Å². The van der Waals surface area contributed by atoms with Crippen molar-refractivity contribution in [3.05, 3.63) is 35.9 Å². The highest BCUT2D eigenvalue weighted by Crippen LogP contribution is 2.37. The van der Waals surface area contributed by atoms with Crippen LogP contribution < -0.4 is 9.47 Å². The molecule has 1 atom stereocenters. The Morgan fingerprint density at radius 3 is 2.42 bits per heavy atom. The summed E-state index contributed by atoms with van der Waals surface area (Å²) >= 11 is 5.90. The maximum absolute atomic E-state index is 6.21. The first-order valence-corrected chi connectivity index (χ1v) is 9.64. The Morgan fingerprint density at radius 1 is 1.04 bits per heavy atom. The average Bonchev–Trinajstić information content (AvgIpc) is 2.63. The molecule has 0 saturated heterocycles. The molecule has 0 aromatic heterocycles. The van der Waals surface area contributed by atoms with Crippen LogP contribution in [0.25, 0.3) is 10.8 Å². The van der Waals surface area contributed by atoms with Crippen LogP contribution in [-0.2, 0) is 6.42 Å². The predicted molar refractivity (Wildman–Crippen MR) is 104 cm³/mol. The molecule has 0 amide bonds. The zero-order valence-corrected chi connectivity index (χ0v) is 15.9. The molecule has 0 spiro atoms. The fourth-order valence-electron chi connectivity index (χ4n) is 2.89. The first-order valence-electron chi connectivity index (χ1n) is 9.11. The Balaban J connectivity index is 2.36. The molecule has 0 fully saturated rings. The van der Waals surface area contributed by atoms with Gasteiger partial charge in [-0.25, -0.2) is 0 Å². The van der Waals surface area contributed by atoms with E-state index in [0.717, 1.165) is 54.6 Å². The van der Waals surface area contributed by atoms with E-state index in [4.69, 9.17) is 21.1 Å². The van der Waals surface area contributed by atoms with Gasteiger partial charge >= 0.3 is 0 Å². The van der Waals surface area contributed by atoms with Gasteiger partial charge in [0.05, 0.1) is 13.2 Å². The first kappa shape index (κ1) is 18.9. The quantitative estimate of drug-likeness (QED) is 0.474. The van der Waals surface area contributed by atoms with Gasteiger partial charge in [-0.05, 0) is 36.8 Å². The smallest absolute Gasteiger partial charge is 0.130 e. The minimum Gasteiger partial charge on any atom is -0.493 e. The third-order valence-electron chi connectivity index (χ3n) is 4.43. The molecule has 0 aliphatic heterocycles. The van der Waals surface area contributed by atoms with Crippen molar-refractivity contribution in [1.29, 1.82) is 0 Å². The fourth-order valence-corrected chi connectivity index (χ4v) is 3.20. The molecule has 0 aliphatic rings. The van der Waals surface area contributed by atoms with Gasteiger partial charge in [0.1, 0.15) is 11.5 Å². The number of benzene rings is 2. The van der Waals surface area contributed by atoms with Gasteiger partial charge in [-0.3, -0.25) is 0 Å². The van der Waals surface area contributed by atoms with Crippen molar-refractivity contribution >= 4 is 22.4 Å². The van der Waals surface area contributed by atoms with Crippen LogP contribution in [0.3, 0.4) is 0 Å². The van der Waals surface area contributed by atoms with Gasteiger partial charge in [0.2, 0.25) is 0 Å². The molecule has 2 nitrogen and oxygen atoms in total. The topological polar surface area (TPSA) is 18.5 Å². The predicted octanol–water partition coefficient (Wildman–Crippen LogP) is 6.22. The number of aryl methyl sites for hydroxylation is 1. The third-order valence-corrected chi connectivity index (χ3v) is 4.65. The fraction of sp³-hybridized carbons (Fsp3) is 0.524. The van der Waals surface area contributed by atoms with Gasteiger partial charge < -0.3 is 9.47 Å². The molecule has 1 unspecified atom stereocenters. The molecule has 0 bridgehead atoms. The number of halogens is 1. The van der Waals surface area contributed by atoms with Crippen molar-refractivity contribution in [2.45, 2.75) is 46.5 Å². The summed E-state index contributed by atoms with van der Waals surface area (Å²) in [7, 11) is 0. The lowest BCUT2D eigenvalue weighted by atomic mass is 10.0. The molecule has 0 saturated carbocycles. The van der Waals surface area contributed by atoms with Crippen LogP contribution in [0.1, 0.15) is 45.6 Å². The molecule has 2 aromatic carbocycles. The molecule has 0 heterocycles. The third kappa shape index (κ3) is 4.57. The van der Waals surface area contributed by atoms with E-state index in [1.165, 1.54) is 5.56 Å². The van der Waals surface area contributed by atoms with Crippen LogP contribution in [0, 0.1) is 5.92 Å². The van der Waals surface area contributed by atoms with Crippen LogP contribution in [0.4, 0.5) is 0 Å². The molecule has 0 N–H and O–H groups in total.